The third-order valence-corrected chi connectivity index (χ3v) is 3.19. The monoisotopic (exact) mass is 239 g/mol. The van der Waals surface area contributed by atoms with Crippen molar-refractivity contribution in [1.82, 2.24) is 9.55 Å². The van der Waals surface area contributed by atoms with Crippen LogP contribution in [0.15, 0.2) is 24.3 Å². The Balaban J connectivity index is 2.46. The minimum atomic E-state index is 0.498. The maximum absolute atomic E-state index is 9.13. The molecule has 0 aliphatic heterocycles. The summed E-state index contributed by atoms with van der Waals surface area (Å²) >= 11 is 0. The summed E-state index contributed by atoms with van der Waals surface area (Å²) in [5.74, 6) is 0.860. The summed E-state index contributed by atoms with van der Waals surface area (Å²) in [6.07, 6.45) is 2.24. The topological polar surface area (TPSA) is 41.6 Å². The predicted octanol–water partition coefficient (Wildman–Crippen LogP) is 3.22. The van der Waals surface area contributed by atoms with Crippen LogP contribution in [0.5, 0.6) is 0 Å². The molecule has 92 valence electrons. The number of hydrogen-bond acceptors (Lipinski definition) is 2. The van der Waals surface area contributed by atoms with E-state index in [-0.39, 0.29) is 0 Å². The van der Waals surface area contributed by atoms with Crippen LogP contribution in [0.25, 0.3) is 11.3 Å². The second-order valence-corrected chi connectivity index (χ2v) is 4.47. The van der Waals surface area contributed by atoms with Crippen LogP contribution in [-0.4, -0.2) is 9.55 Å². The van der Waals surface area contributed by atoms with Crippen molar-refractivity contribution in [3.63, 3.8) is 0 Å². The SMILES string of the molecule is CCCc1ccc(-c2c(C#N)nc(C)n2C)cc1. The zero-order valence-electron chi connectivity index (χ0n) is 11.1. The van der Waals surface area contributed by atoms with Gasteiger partial charge >= 0.3 is 0 Å². The van der Waals surface area contributed by atoms with Gasteiger partial charge in [0.1, 0.15) is 11.9 Å². The molecule has 0 saturated heterocycles. The van der Waals surface area contributed by atoms with Crippen LogP contribution < -0.4 is 0 Å². The summed E-state index contributed by atoms with van der Waals surface area (Å²) in [6, 6.07) is 10.6. The van der Waals surface area contributed by atoms with E-state index in [4.69, 9.17) is 5.26 Å². The Bertz CT molecular complexity index is 585. The van der Waals surface area contributed by atoms with Crippen LogP contribution in [0.2, 0.25) is 0 Å². The molecule has 2 rings (SSSR count). The van der Waals surface area contributed by atoms with Crippen LogP contribution in [0.4, 0.5) is 0 Å². The van der Waals surface area contributed by atoms with Gasteiger partial charge in [0.2, 0.25) is 0 Å². The van der Waals surface area contributed by atoms with E-state index in [1.54, 1.807) is 0 Å². The lowest BCUT2D eigenvalue weighted by Crippen LogP contribution is -1.95. The minimum absolute atomic E-state index is 0.498. The molecule has 0 fully saturated rings. The summed E-state index contributed by atoms with van der Waals surface area (Å²) in [5.41, 5.74) is 3.78. The van der Waals surface area contributed by atoms with E-state index in [0.29, 0.717) is 5.69 Å². The van der Waals surface area contributed by atoms with Crippen molar-refractivity contribution in [2.45, 2.75) is 26.7 Å². The van der Waals surface area contributed by atoms with E-state index in [1.165, 1.54) is 5.56 Å². The van der Waals surface area contributed by atoms with Gasteiger partial charge in [-0.1, -0.05) is 37.6 Å². The number of aryl methyl sites for hydroxylation is 2. The predicted molar refractivity (Wildman–Crippen MR) is 72.1 cm³/mol. The fraction of sp³-hybridized carbons (Fsp3) is 0.333. The molecule has 1 aromatic carbocycles. The van der Waals surface area contributed by atoms with Gasteiger partial charge in [0.25, 0.3) is 0 Å². The third kappa shape index (κ3) is 2.14. The Morgan fingerprint density at radius 3 is 2.50 bits per heavy atom. The fourth-order valence-corrected chi connectivity index (χ4v) is 2.14. The summed E-state index contributed by atoms with van der Waals surface area (Å²) < 4.78 is 1.97. The first-order valence-electron chi connectivity index (χ1n) is 6.20. The molecule has 3 heteroatoms. The van der Waals surface area contributed by atoms with E-state index in [2.05, 4.69) is 42.2 Å². The second kappa shape index (κ2) is 5.05. The van der Waals surface area contributed by atoms with Gasteiger partial charge in [0, 0.05) is 12.6 Å². The van der Waals surface area contributed by atoms with E-state index in [0.717, 1.165) is 29.9 Å². The second-order valence-electron chi connectivity index (χ2n) is 4.47. The Labute approximate surface area is 108 Å². The van der Waals surface area contributed by atoms with Crippen molar-refractivity contribution in [3.05, 3.63) is 41.3 Å². The lowest BCUT2D eigenvalue weighted by atomic mass is 10.1. The van der Waals surface area contributed by atoms with Gasteiger partial charge in [-0.25, -0.2) is 4.98 Å². The fourth-order valence-electron chi connectivity index (χ4n) is 2.14. The normalized spacial score (nSPS) is 10.3. The number of rotatable bonds is 3. The highest BCUT2D eigenvalue weighted by atomic mass is 15.1. The molecule has 0 aliphatic carbocycles. The highest BCUT2D eigenvalue weighted by Crippen LogP contribution is 2.24. The minimum Gasteiger partial charge on any atom is -0.330 e. The molecule has 0 atom stereocenters. The Morgan fingerprint density at radius 1 is 1.28 bits per heavy atom. The zero-order valence-corrected chi connectivity index (χ0v) is 11.1. The lowest BCUT2D eigenvalue weighted by molar-refractivity contribution is 0.864. The van der Waals surface area contributed by atoms with Crippen molar-refractivity contribution in [2.75, 3.05) is 0 Å². The standard InChI is InChI=1S/C15H17N3/c1-4-5-12-6-8-13(9-7-12)15-14(10-16)17-11(2)18(15)3/h6-9H,4-5H2,1-3H3. The molecule has 1 aromatic heterocycles. The Kier molecular flexibility index (Phi) is 3.47. The van der Waals surface area contributed by atoms with E-state index in [1.807, 2.05) is 18.5 Å². The van der Waals surface area contributed by atoms with Gasteiger partial charge in [0.15, 0.2) is 5.69 Å². The highest BCUT2D eigenvalue weighted by molar-refractivity contribution is 5.66. The van der Waals surface area contributed by atoms with Gasteiger partial charge in [-0.15, -0.1) is 0 Å². The zero-order chi connectivity index (χ0) is 13.1. The van der Waals surface area contributed by atoms with Crippen molar-refractivity contribution in [1.29, 1.82) is 5.26 Å². The van der Waals surface area contributed by atoms with Crippen LogP contribution in [0.3, 0.4) is 0 Å². The van der Waals surface area contributed by atoms with Crippen LogP contribution in [0, 0.1) is 18.3 Å². The maximum atomic E-state index is 9.13. The summed E-state index contributed by atoms with van der Waals surface area (Å²) in [4.78, 5) is 4.27. The van der Waals surface area contributed by atoms with Crippen LogP contribution in [-0.2, 0) is 13.5 Å². The van der Waals surface area contributed by atoms with Gasteiger partial charge < -0.3 is 4.57 Å². The van der Waals surface area contributed by atoms with E-state index in [9.17, 15) is 0 Å². The molecule has 0 saturated carbocycles. The van der Waals surface area contributed by atoms with Crippen LogP contribution >= 0.6 is 0 Å². The van der Waals surface area contributed by atoms with Gasteiger partial charge in [0.05, 0.1) is 5.69 Å². The first-order valence-corrected chi connectivity index (χ1v) is 6.20. The number of hydrogen-bond donors (Lipinski definition) is 0. The molecule has 0 aliphatic rings. The lowest BCUT2D eigenvalue weighted by Gasteiger charge is -2.06. The van der Waals surface area contributed by atoms with Crippen LogP contribution in [0.1, 0.15) is 30.4 Å². The Morgan fingerprint density at radius 2 is 1.94 bits per heavy atom. The molecular formula is C15H17N3. The van der Waals surface area contributed by atoms with E-state index < -0.39 is 0 Å². The molecule has 0 bridgehead atoms. The maximum Gasteiger partial charge on any atom is 0.166 e. The molecule has 0 spiro atoms. The quantitative estimate of drug-likeness (QED) is 0.825. The molecular weight excluding hydrogens is 222 g/mol. The van der Waals surface area contributed by atoms with Crippen molar-refractivity contribution in [3.8, 4) is 17.3 Å². The van der Waals surface area contributed by atoms with Gasteiger partial charge in [-0.05, 0) is 18.9 Å². The number of aromatic nitrogens is 2. The van der Waals surface area contributed by atoms with Crippen molar-refractivity contribution < 1.29 is 0 Å². The van der Waals surface area contributed by atoms with Crippen molar-refractivity contribution >= 4 is 0 Å². The number of nitrogens with zero attached hydrogens (tertiary/aromatic N) is 3. The largest absolute Gasteiger partial charge is 0.330 e. The molecule has 1 heterocycles. The average molecular weight is 239 g/mol. The summed E-state index contributed by atoms with van der Waals surface area (Å²) in [6.45, 7) is 4.09. The first-order chi connectivity index (χ1) is 8.67. The van der Waals surface area contributed by atoms with Gasteiger partial charge in [-0.3, -0.25) is 0 Å². The molecule has 0 N–H and O–H groups in total. The average Bonchev–Trinajstić information content (AvgIpc) is 2.67. The molecule has 0 amide bonds. The summed E-state index contributed by atoms with van der Waals surface area (Å²) in [5, 5.41) is 9.13. The van der Waals surface area contributed by atoms with Gasteiger partial charge in [-0.2, -0.15) is 5.26 Å². The number of benzene rings is 1. The molecule has 18 heavy (non-hydrogen) atoms. The number of nitriles is 1. The van der Waals surface area contributed by atoms with Crippen molar-refractivity contribution in [2.24, 2.45) is 7.05 Å². The molecule has 3 nitrogen and oxygen atoms in total. The molecule has 2 aromatic rings. The third-order valence-electron chi connectivity index (χ3n) is 3.19. The Hall–Kier alpha value is -2.08. The summed E-state index contributed by atoms with van der Waals surface area (Å²) in [7, 11) is 1.94. The number of imidazole rings is 1. The molecule has 0 radical (unpaired) electrons. The first kappa shape index (κ1) is 12.4. The van der Waals surface area contributed by atoms with E-state index >= 15 is 0 Å². The highest BCUT2D eigenvalue weighted by Gasteiger charge is 2.13. The molecule has 0 unspecified atom stereocenters. The smallest absolute Gasteiger partial charge is 0.166 e.